The van der Waals surface area contributed by atoms with Crippen LogP contribution < -0.4 is 5.73 Å². The van der Waals surface area contributed by atoms with Crippen LogP contribution in [0.1, 0.15) is 25.3 Å². The highest BCUT2D eigenvalue weighted by atomic mass is 19.1. The summed E-state index contributed by atoms with van der Waals surface area (Å²) < 4.78 is 13.7. The number of carbonyl (C=O) groups is 2. The van der Waals surface area contributed by atoms with Gasteiger partial charge in [-0.2, -0.15) is 0 Å². The summed E-state index contributed by atoms with van der Waals surface area (Å²) in [5, 5.41) is 0. The molecule has 0 radical (unpaired) electrons. The van der Waals surface area contributed by atoms with Crippen LogP contribution in [0, 0.1) is 11.7 Å². The van der Waals surface area contributed by atoms with Crippen LogP contribution in [0.5, 0.6) is 0 Å². The third-order valence-corrected chi connectivity index (χ3v) is 4.61. The van der Waals surface area contributed by atoms with Crippen LogP contribution in [-0.4, -0.2) is 47.8 Å². The Morgan fingerprint density at radius 1 is 1.35 bits per heavy atom. The predicted octanol–water partition coefficient (Wildman–Crippen LogP) is 1.37. The number of hydrogen-bond acceptors (Lipinski definition) is 3. The first-order chi connectivity index (χ1) is 10.9. The van der Waals surface area contributed by atoms with Gasteiger partial charge < -0.3 is 10.6 Å². The molecule has 1 aliphatic rings. The zero-order valence-corrected chi connectivity index (χ0v) is 13.7. The van der Waals surface area contributed by atoms with Gasteiger partial charge in [-0.15, -0.1) is 0 Å². The molecule has 1 atom stereocenters. The van der Waals surface area contributed by atoms with Crippen molar-refractivity contribution in [1.82, 2.24) is 9.80 Å². The van der Waals surface area contributed by atoms with E-state index in [1.54, 1.807) is 23.1 Å². The molecule has 0 bridgehead atoms. The quantitative estimate of drug-likeness (QED) is 0.891. The molecule has 1 heterocycles. The van der Waals surface area contributed by atoms with E-state index >= 15 is 0 Å². The van der Waals surface area contributed by atoms with Crippen molar-refractivity contribution in [3.05, 3.63) is 35.6 Å². The molecule has 2 N–H and O–H groups in total. The van der Waals surface area contributed by atoms with E-state index in [2.05, 4.69) is 0 Å². The number of carbonyl (C=O) groups excluding carboxylic acids is 2. The van der Waals surface area contributed by atoms with Crippen molar-refractivity contribution in [2.45, 2.75) is 32.4 Å². The van der Waals surface area contributed by atoms with Gasteiger partial charge in [-0.25, -0.2) is 4.39 Å². The minimum Gasteiger partial charge on any atom is -0.369 e. The van der Waals surface area contributed by atoms with Crippen LogP contribution in [0.25, 0.3) is 0 Å². The maximum Gasteiger partial charge on any atom is 0.239 e. The molecule has 0 aliphatic carbocycles. The second-order valence-corrected chi connectivity index (χ2v) is 6.18. The van der Waals surface area contributed by atoms with Gasteiger partial charge in [0.1, 0.15) is 5.82 Å². The Morgan fingerprint density at radius 3 is 2.52 bits per heavy atom. The number of primary amides is 1. The highest BCUT2D eigenvalue weighted by molar-refractivity contribution is 5.82. The molecule has 23 heavy (non-hydrogen) atoms. The summed E-state index contributed by atoms with van der Waals surface area (Å²) in [4.78, 5) is 27.3. The Hall–Kier alpha value is -1.95. The largest absolute Gasteiger partial charge is 0.369 e. The van der Waals surface area contributed by atoms with Gasteiger partial charge in [0.15, 0.2) is 0 Å². The molecular weight excluding hydrogens is 297 g/mol. The second-order valence-electron chi connectivity index (χ2n) is 6.18. The van der Waals surface area contributed by atoms with E-state index in [-0.39, 0.29) is 29.6 Å². The number of likely N-dealkylation sites (N-methyl/N-ethyl adjacent to an activating group) is 1. The van der Waals surface area contributed by atoms with Gasteiger partial charge in [0.25, 0.3) is 0 Å². The highest BCUT2D eigenvalue weighted by Gasteiger charge is 2.29. The number of rotatable bonds is 5. The summed E-state index contributed by atoms with van der Waals surface area (Å²) in [6.45, 7) is 3.29. The zero-order chi connectivity index (χ0) is 17.0. The number of likely N-dealkylation sites (tertiary alicyclic amines) is 1. The van der Waals surface area contributed by atoms with E-state index in [0.29, 0.717) is 38.0 Å². The lowest BCUT2D eigenvalue weighted by Crippen LogP contribution is -2.49. The summed E-state index contributed by atoms with van der Waals surface area (Å²) in [6, 6.07) is 6.23. The Bertz CT molecular complexity index is 571. The Morgan fingerprint density at radius 2 is 1.96 bits per heavy atom. The van der Waals surface area contributed by atoms with Crippen molar-refractivity contribution >= 4 is 11.8 Å². The number of amides is 2. The Kier molecular flexibility index (Phi) is 5.71. The zero-order valence-electron chi connectivity index (χ0n) is 13.7. The molecule has 0 saturated carbocycles. The molecule has 1 aliphatic heterocycles. The van der Waals surface area contributed by atoms with Crippen LogP contribution in [0.15, 0.2) is 24.3 Å². The molecular formula is C17H24FN3O2. The molecule has 0 spiro atoms. The molecule has 126 valence electrons. The minimum absolute atomic E-state index is 0.00626. The third kappa shape index (κ3) is 4.28. The predicted molar refractivity (Wildman–Crippen MR) is 85.8 cm³/mol. The molecule has 1 aromatic rings. The van der Waals surface area contributed by atoms with E-state index in [1.165, 1.54) is 6.07 Å². The molecule has 0 aromatic heterocycles. The molecule has 0 unspecified atom stereocenters. The number of nitrogens with two attached hydrogens (primary N) is 1. The van der Waals surface area contributed by atoms with Gasteiger partial charge in [0.05, 0.1) is 6.04 Å². The highest BCUT2D eigenvalue weighted by Crippen LogP contribution is 2.19. The van der Waals surface area contributed by atoms with E-state index in [9.17, 15) is 14.0 Å². The van der Waals surface area contributed by atoms with Crippen LogP contribution in [0.3, 0.4) is 0 Å². The van der Waals surface area contributed by atoms with Gasteiger partial charge in [-0.05, 0) is 32.9 Å². The van der Waals surface area contributed by atoms with Gasteiger partial charge >= 0.3 is 0 Å². The van der Waals surface area contributed by atoms with E-state index in [0.717, 1.165) is 0 Å². The fraction of sp³-hybridized carbons (Fsp3) is 0.529. The van der Waals surface area contributed by atoms with E-state index < -0.39 is 0 Å². The number of hydrogen-bond donors (Lipinski definition) is 1. The van der Waals surface area contributed by atoms with E-state index in [4.69, 9.17) is 5.73 Å². The topological polar surface area (TPSA) is 66.6 Å². The molecule has 1 aromatic carbocycles. The lowest BCUT2D eigenvalue weighted by Gasteiger charge is -2.34. The second kappa shape index (κ2) is 7.55. The van der Waals surface area contributed by atoms with Crippen molar-refractivity contribution in [2.24, 2.45) is 11.7 Å². The number of nitrogens with zero attached hydrogens (tertiary/aromatic N) is 2. The Balaban J connectivity index is 1.92. The molecule has 2 rings (SSSR count). The molecule has 1 saturated heterocycles. The normalized spacial score (nSPS) is 17.3. The standard InChI is InChI=1S/C17H24FN3O2/c1-12(20(2)11-14-5-3-4-6-15(14)18)17(23)21-9-7-13(8-10-21)16(19)22/h3-6,12-13H,7-11H2,1-2H3,(H2,19,22)/t12-/m1/s1. The summed E-state index contributed by atoms with van der Waals surface area (Å²) >= 11 is 0. The SMILES string of the molecule is C[C@H](C(=O)N1CCC(C(N)=O)CC1)N(C)Cc1ccccc1F. The maximum absolute atomic E-state index is 13.7. The first kappa shape index (κ1) is 17.4. The van der Waals surface area contributed by atoms with Gasteiger partial charge in [0.2, 0.25) is 11.8 Å². The average molecular weight is 321 g/mol. The first-order valence-electron chi connectivity index (χ1n) is 7.92. The lowest BCUT2D eigenvalue weighted by molar-refractivity contribution is -0.139. The molecule has 1 fully saturated rings. The summed E-state index contributed by atoms with van der Waals surface area (Å²) in [7, 11) is 1.81. The Labute approximate surface area is 136 Å². The fourth-order valence-electron chi connectivity index (χ4n) is 2.87. The lowest BCUT2D eigenvalue weighted by atomic mass is 9.96. The van der Waals surface area contributed by atoms with Crippen molar-refractivity contribution < 1.29 is 14.0 Å². The van der Waals surface area contributed by atoms with Gasteiger partial charge in [-0.1, -0.05) is 18.2 Å². The number of halogens is 1. The average Bonchev–Trinajstić information content (AvgIpc) is 2.55. The third-order valence-electron chi connectivity index (χ3n) is 4.61. The minimum atomic E-state index is -0.347. The van der Waals surface area contributed by atoms with Crippen molar-refractivity contribution in [3.63, 3.8) is 0 Å². The van der Waals surface area contributed by atoms with Crippen LogP contribution in [0.4, 0.5) is 4.39 Å². The summed E-state index contributed by atoms with van der Waals surface area (Å²) in [5.74, 6) is -0.680. The number of benzene rings is 1. The van der Waals surface area contributed by atoms with Gasteiger partial charge in [0, 0.05) is 31.1 Å². The van der Waals surface area contributed by atoms with Crippen molar-refractivity contribution in [3.8, 4) is 0 Å². The fourth-order valence-corrected chi connectivity index (χ4v) is 2.87. The summed E-state index contributed by atoms with van der Waals surface area (Å²) in [6.07, 6.45) is 1.23. The van der Waals surface area contributed by atoms with Crippen LogP contribution >= 0.6 is 0 Å². The number of piperidine rings is 1. The monoisotopic (exact) mass is 321 g/mol. The maximum atomic E-state index is 13.7. The molecule has 5 nitrogen and oxygen atoms in total. The van der Waals surface area contributed by atoms with E-state index in [1.807, 2.05) is 18.9 Å². The van der Waals surface area contributed by atoms with Crippen LogP contribution in [-0.2, 0) is 16.1 Å². The summed E-state index contributed by atoms with van der Waals surface area (Å²) in [5.41, 5.74) is 5.88. The van der Waals surface area contributed by atoms with Crippen molar-refractivity contribution in [2.75, 3.05) is 20.1 Å². The van der Waals surface area contributed by atoms with Crippen LogP contribution in [0.2, 0.25) is 0 Å². The smallest absolute Gasteiger partial charge is 0.239 e. The van der Waals surface area contributed by atoms with Crippen molar-refractivity contribution in [1.29, 1.82) is 0 Å². The first-order valence-corrected chi connectivity index (χ1v) is 7.92. The molecule has 6 heteroatoms. The molecule has 2 amide bonds. The van der Waals surface area contributed by atoms with Gasteiger partial charge in [-0.3, -0.25) is 14.5 Å².